The number of benzene rings is 1. The Balaban J connectivity index is 1.67. The Morgan fingerprint density at radius 3 is 2.48 bits per heavy atom. The van der Waals surface area contributed by atoms with Crippen molar-refractivity contribution in [3.8, 4) is 0 Å². The summed E-state index contributed by atoms with van der Waals surface area (Å²) in [5.74, 6) is 0.439. The number of Topliss-reactive ketones (excluding diaryl/α,β-unsaturated/α-hetero) is 1. The standard InChI is InChI=1S/C24H28O3/c1-11-6-7-16-15(5)23-19-20(24(16,10-11)27-23)22(26)18(21(19)25)17-13(3)8-12(2)9-14(17)4/h8-9,11,19-20,23,25H,6-7,10H2,1-5H3/t11?,19?,20?,23-,24+/m0/s1. The van der Waals surface area contributed by atoms with Gasteiger partial charge in [-0.1, -0.05) is 24.6 Å². The SMILES string of the molecule is CC1=C2CCC(C)C[C@@]23O[C@@H]1C1C(O)=C(c2c(C)cc(C)cc2C)C(=O)C13. The second-order valence-corrected chi connectivity index (χ2v) is 9.34. The van der Waals surface area contributed by atoms with Gasteiger partial charge in [-0.3, -0.25) is 4.79 Å². The van der Waals surface area contributed by atoms with E-state index < -0.39 is 5.60 Å². The molecule has 0 radical (unpaired) electrons. The maximum absolute atomic E-state index is 13.7. The predicted molar refractivity (Wildman–Crippen MR) is 106 cm³/mol. The van der Waals surface area contributed by atoms with Crippen LogP contribution in [0.3, 0.4) is 0 Å². The molecular weight excluding hydrogens is 336 g/mol. The van der Waals surface area contributed by atoms with Crippen LogP contribution >= 0.6 is 0 Å². The number of carbonyl (C=O) groups excluding carboxylic acids is 1. The number of aliphatic hydroxyl groups excluding tert-OH is 1. The van der Waals surface area contributed by atoms with Crippen molar-refractivity contribution in [2.45, 2.75) is 65.6 Å². The quantitative estimate of drug-likeness (QED) is 0.715. The third kappa shape index (κ3) is 1.99. The van der Waals surface area contributed by atoms with Crippen LogP contribution in [0.2, 0.25) is 0 Å². The highest BCUT2D eigenvalue weighted by Gasteiger charge is 2.69. The molecule has 27 heavy (non-hydrogen) atoms. The van der Waals surface area contributed by atoms with Gasteiger partial charge in [-0.05, 0) is 80.7 Å². The maximum atomic E-state index is 13.7. The molecule has 2 fully saturated rings. The van der Waals surface area contributed by atoms with Crippen LogP contribution < -0.4 is 0 Å². The molecular formula is C24H28O3. The highest BCUT2D eigenvalue weighted by molar-refractivity contribution is 6.26. The summed E-state index contributed by atoms with van der Waals surface area (Å²) in [4.78, 5) is 13.7. The van der Waals surface area contributed by atoms with Crippen LogP contribution in [0.4, 0.5) is 0 Å². The van der Waals surface area contributed by atoms with Crippen LogP contribution in [0, 0.1) is 38.5 Å². The number of allylic oxidation sites excluding steroid dienone is 1. The number of ether oxygens (including phenoxy) is 1. The first-order valence-corrected chi connectivity index (χ1v) is 10.2. The topological polar surface area (TPSA) is 46.5 Å². The molecule has 2 aliphatic heterocycles. The maximum Gasteiger partial charge on any atom is 0.174 e. The number of rotatable bonds is 1. The van der Waals surface area contributed by atoms with Gasteiger partial charge in [0.15, 0.2) is 5.78 Å². The van der Waals surface area contributed by atoms with E-state index in [2.05, 4.69) is 32.9 Å². The number of fused-ring (bicyclic) bond motifs is 3. The van der Waals surface area contributed by atoms with Gasteiger partial charge in [0, 0.05) is 0 Å². The van der Waals surface area contributed by atoms with E-state index in [0.717, 1.165) is 29.5 Å². The van der Waals surface area contributed by atoms with Gasteiger partial charge in [-0.2, -0.15) is 0 Å². The first-order chi connectivity index (χ1) is 12.8. The number of carbonyl (C=O) groups is 1. The minimum Gasteiger partial charge on any atom is -0.511 e. The van der Waals surface area contributed by atoms with Gasteiger partial charge in [0.1, 0.15) is 11.4 Å². The monoisotopic (exact) mass is 364 g/mol. The van der Waals surface area contributed by atoms with E-state index >= 15 is 0 Å². The normalized spacial score (nSPS) is 37.3. The highest BCUT2D eigenvalue weighted by Crippen LogP contribution is 2.65. The second-order valence-electron chi connectivity index (χ2n) is 9.34. The molecule has 3 unspecified atom stereocenters. The molecule has 1 aromatic carbocycles. The zero-order valence-electron chi connectivity index (χ0n) is 16.8. The van der Waals surface area contributed by atoms with Crippen molar-refractivity contribution in [2.75, 3.05) is 0 Å². The summed E-state index contributed by atoms with van der Waals surface area (Å²) in [6, 6.07) is 4.20. The predicted octanol–water partition coefficient (Wildman–Crippen LogP) is 4.98. The minimum atomic E-state index is -0.476. The molecule has 5 rings (SSSR count). The van der Waals surface area contributed by atoms with Crippen LogP contribution in [0.1, 0.15) is 55.4 Å². The van der Waals surface area contributed by atoms with Crippen LogP contribution in [-0.2, 0) is 9.53 Å². The Morgan fingerprint density at radius 2 is 1.81 bits per heavy atom. The van der Waals surface area contributed by atoms with Crippen LogP contribution in [0.5, 0.6) is 0 Å². The number of aliphatic hydroxyl groups is 1. The molecule has 2 bridgehead atoms. The van der Waals surface area contributed by atoms with Gasteiger partial charge in [0.05, 0.1) is 23.5 Å². The molecule has 3 heteroatoms. The number of hydrogen-bond donors (Lipinski definition) is 1. The molecule has 0 aromatic heterocycles. The first kappa shape index (κ1) is 17.2. The summed E-state index contributed by atoms with van der Waals surface area (Å²) in [6.07, 6.45) is 2.95. The van der Waals surface area contributed by atoms with E-state index in [1.807, 2.05) is 13.8 Å². The molecule has 2 aliphatic carbocycles. The van der Waals surface area contributed by atoms with Crippen LogP contribution in [0.15, 0.2) is 29.0 Å². The molecule has 1 saturated heterocycles. The Morgan fingerprint density at radius 1 is 1.15 bits per heavy atom. The van der Waals surface area contributed by atoms with E-state index in [-0.39, 0.29) is 29.5 Å². The van der Waals surface area contributed by atoms with Crippen molar-refractivity contribution in [2.24, 2.45) is 17.8 Å². The van der Waals surface area contributed by atoms with E-state index in [0.29, 0.717) is 11.5 Å². The summed E-state index contributed by atoms with van der Waals surface area (Å²) in [5.41, 5.74) is 6.94. The zero-order chi connectivity index (χ0) is 19.2. The molecule has 2 heterocycles. The average molecular weight is 364 g/mol. The van der Waals surface area contributed by atoms with Gasteiger partial charge in [-0.15, -0.1) is 0 Å². The Hall–Kier alpha value is -1.87. The van der Waals surface area contributed by atoms with Crippen molar-refractivity contribution < 1.29 is 14.6 Å². The number of ketones is 1. The summed E-state index contributed by atoms with van der Waals surface area (Å²) in [7, 11) is 0. The van der Waals surface area contributed by atoms with Crippen molar-refractivity contribution in [1.29, 1.82) is 0 Å². The fraction of sp³-hybridized carbons (Fsp3) is 0.542. The molecule has 1 saturated carbocycles. The lowest BCUT2D eigenvalue weighted by Crippen LogP contribution is -2.46. The molecule has 0 amide bonds. The summed E-state index contributed by atoms with van der Waals surface area (Å²) < 4.78 is 6.53. The molecule has 142 valence electrons. The summed E-state index contributed by atoms with van der Waals surface area (Å²) >= 11 is 0. The summed E-state index contributed by atoms with van der Waals surface area (Å²) in [6.45, 7) is 10.5. The van der Waals surface area contributed by atoms with Crippen molar-refractivity contribution in [3.05, 3.63) is 51.3 Å². The smallest absolute Gasteiger partial charge is 0.174 e. The Bertz CT molecular complexity index is 927. The van der Waals surface area contributed by atoms with Crippen molar-refractivity contribution in [3.63, 3.8) is 0 Å². The summed E-state index contributed by atoms with van der Waals surface area (Å²) in [5, 5.41) is 11.3. The first-order valence-electron chi connectivity index (χ1n) is 10.2. The van der Waals surface area contributed by atoms with E-state index in [1.165, 1.54) is 23.1 Å². The molecule has 1 aromatic rings. The Kier molecular flexibility index (Phi) is 3.42. The fourth-order valence-corrected chi connectivity index (χ4v) is 6.63. The highest BCUT2D eigenvalue weighted by atomic mass is 16.5. The lowest BCUT2D eigenvalue weighted by molar-refractivity contribution is -0.122. The average Bonchev–Trinajstić information content (AvgIpc) is 3.14. The lowest BCUT2D eigenvalue weighted by atomic mass is 9.62. The second kappa shape index (κ2) is 5.35. The van der Waals surface area contributed by atoms with Gasteiger partial charge < -0.3 is 9.84 Å². The zero-order valence-corrected chi connectivity index (χ0v) is 16.8. The van der Waals surface area contributed by atoms with E-state index in [1.54, 1.807) is 0 Å². The fourth-order valence-electron chi connectivity index (χ4n) is 6.63. The van der Waals surface area contributed by atoms with E-state index in [9.17, 15) is 9.90 Å². The Labute approximate surface area is 161 Å². The van der Waals surface area contributed by atoms with E-state index in [4.69, 9.17) is 4.74 Å². The van der Waals surface area contributed by atoms with Crippen LogP contribution in [-0.4, -0.2) is 22.6 Å². The largest absolute Gasteiger partial charge is 0.511 e. The lowest BCUT2D eigenvalue weighted by Gasteiger charge is -2.41. The van der Waals surface area contributed by atoms with Crippen molar-refractivity contribution >= 4 is 11.4 Å². The molecule has 1 spiro atoms. The molecule has 4 aliphatic rings. The van der Waals surface area contributed by atoms with Crippen LogP contribution in [0.25, 0.3) is 5.57 Å². The third-order valence-electron chi connectivity index (χ3n) is 7.51. The number of aryl methyl sites for hydroxylation is 3. The number of hydrogen-bond acceptors (Lipinski definition) is 3. The van der Waals surface area contributed by atoms with Gasteiger partial charge in [-0.25, -0.2) is 0 Å². The third-order valence-corrected chi connectivity index (χ3v) is 7.51. The van der Waals surface area contributed by atoms with Gasteiger partial charge >= 0.3 is 0 Å². The molecule has 3 nitrogen and oxygen atoms in total. The van der Waals surface area contributed by atoms with Crippen molar-refractivity contribution in [1.82, 2.24) is 0 Å². The van der Waals surface area contributed by atoms with Gasteiger partial charge in [0.2, 0.25) is 0 Å². The molecule has 5 atom stereocenters. The minimum absolute atomic E-state index is 0.0918. The molecule has 1 N–H and O–H groups in total. The van der Waals surface area contributed by atoms with Gasteiger partial charge in [0.25, 0.3) is 0 Å².